The van der Waals surface area contributed by atoms with E-state index in [1.807, 2.05) is 6.92 Å². The van der Waals surface area contributed by atoms with Crippen molar-refractivity contribution in [2.24, 2.45) is 11.3 Å². The first-order valence-electron chi connectivity index (χ1n) is 2.65. The van der Waals surface area contributed by atoms with Gasteiger partial charge in [0.15, 0.2) is 0 Å². The zero-order chi connectivity index (χ0) is 6.08. The molecule has 0 amide bonds. The minimum absolute atomic E-state index is 0.0486. The van der Waals surface area contributed by atoms with Crippen LogP contribution in [0, 0.1) is 18.3 Å². The van der Waals surface area contributed by atoms with Crippen LogP contribution in [0.3, 0.4) is 0 Å². The molecule has 0 heteroatoms. The van der Waals surface area contributed by atoms with Gasteiger partial charge < -0.3 is 0 Å². The molecule has 0 aliphatic heterocycles. The van der Waals surface area contributed by atoms with Crippen molar-refractivity contribution in [2.45, 2.75) is 27.7 Å². The average Bonchev–Trinajstić information content (AvgIpc) is 1.31. The maximum Gasteiger partial charge on any atom is -0.00541 e. The average molecular weight is 97.2 g/mol. The monoisotopic (exact) mass is 97.1 g/mol. The van der Waals surface area contributed by atoms with Crippen molar-refractivity contribution in [3.63, 3.8) is 0 Å². The Labute approximate surface area is 46.9 Å². The Balaban J connectivity index is 3.54. The Bertz CT molecular complexity index is 45.5. The molecule has 0 aromatic heterocycles. The first-order valence-corrected chi connectivity index (χ1v) is 2.65. The first-order chi connectivity index (χ1) is 2.94. The van der Waals surface area contributed by atoms with E-state index in [9.17, 15) is 0 Å². The van der Waals surface area contributed by atoms with E-state index < -0.39 is 0 Å². The summed E-state index contributed by atoms with van der Waals surface area (Å²) in [5.41, 5.74) is 0.167. The van der Waals surface area contributed by atoms with Gasteiger partial charge in [0.1, 0.15) is 0 Å². The molecule has 1 atom stereocenters. The number of hydrogen-bond acceptors (Lipinski definition) is 0. The summed E-state index contributed by atoms with van der Waals surface area (Å²) in [6.45, 7) is 15.4. The lowest BCUT2D eigenvalue weighted by Crippen LogP contribution is -2.13. The lowest BCUT2D eigenvalue weighted by atomic mass is 9.84. The fourth-order valence-electron chi connectivity index (χ4n) is 0. The van der Waals surface area contributed by atoms with Crippen LogP contribution in [-0.2, 0) is 0 Å². The summed E-state index contributed by atoms with van der Waals surface area (Å²) in [5, 5.41) is 0. The van der Waals surface area contributed by atoms with Gasteiger partial charge in [-0.2, -0.15) is 0 Å². The molecular weight excluding hydrogens is 84.1 g/mol. The fraction of sp³-hybridized carbons (Fsp3) is 0.857. The van der Waals surface area contributed by atoms with E-state index in [-0.39, 0.29) is 11.3 Å². The van der Waals surface area contributed by atoms with Gasteiger partial charge in [0.05, 0.1) is 0 Å². The van der Waals surface area contributed by atoms with E-state index in [0.717, 1.165) is 0 Å². The lowest BCUT2D eigenvalue weighted by Gasteiger charge is -2.21. The van der Waals surface area contributed by atoms with Gasteiger partial charge in [0.2, 0.25) is 0 Å². The molecule has 0 aromatic rings. The molecular formula is C7H13. The minimum Gasteiger partial charge on any atom is -0.0614 e. The molecule has 0 nitrogen and oxygen atoms in total. The van der Waals surface area contributed by atoms with Crippen molar-refractivity contribution in [1.82, 2.24) is 0 Å². The fourth-order valence-corrected chi connectivity index (χ4v) is 0. The highest BCUT2D eigenvalue weighted by Crippen LogP contribution is 2.23. The molecule has 7 heavy (non-hydrogen) atoms. The van der Waals surface area contributed by atoms with E-state index in [0.29, 0.717) is 0 Å². The predicted octanol–water partition coefficient (Wildman–Crippen LogP) is 2.26. The normalized spacial score (nSPS) is 12.9. The second-order valence-corrected chi connectivity index (χ2v) is 3.09. The summed E-state index contributed by atoms with van der Waals surface area (Å²) in [7, 11) is 0. The Morgan fingerprint density at radius 3 is 1.43 bits per heavy atom. The third-order valence-electron chi connectivity index (χ3n) is 1.30. The molecule has 0 aliphatic rings. The van der Waals surface area contributed by atoms with Crippen molar-refractivity contribution in [3.05, 3.63) is 6.92 Å². The van der Waals surface area contributed by atoms with Gasteiger partial charge in [0, 0.05) is 0 Å². The van der Waals surface area contributed by atoms with E-state index >= 15 is 0 Å². The molecule has 0 aliphatic carbocycles. The largest absolute Gasteiger partial charge is 0.0614 e. The van der Waals surface area contributed by atoms with Gasteiger partial charge in [-0.05, 0) is 18.3 Å². The van der Waals surface area contributed by atoms with Gasteiger partial charge in [-0.25, -0.2) is 0 Å². The molecule has 0 aromatic carbocycles. The molecule has 0 spiro atoms. The molecule has 1 unspecified atom stereocenters. The van der Waals surface area contributed by atoms with Crippen LogP contribution in [0.25, 0.3) is 0 Å². The first kappa shape index (κ1) is 7.00. The van der Waals surface area contributed by atoms with Crippen LogP contribution in [0.4, 0.5) is 0 Å². The van der Waals surface area contributed by atoms with Crippen molar-refractivity contribution >= 4 is 0 Å². The van der Waals surface area contributed by atoms with Crippen LogP contribution < -0.4 is 0 Å². The number of rotatable bonds is 0. The summed E-state index contributed by atoms with van der Waals surface area (Å²) in [5.74, 6) is 0.0486. The Morgan fingerprint density at radius 1 is 1.29 bits per heavy atom. The topological polar surface area (TPSA) is 0 Å². The van der Waals surface area contributed by atoms with E-state index in [1.165, 1.54) is 0 Å². The van der Waals surface area contributed by atoms with Crippen molar-refractivity contribution in [2.75, 3.05) is 0 Å². The van der Waals surface area contributed by atoms with Gasteiger partial charge in [-0.3, -0.25) is 0 Å². The SMILES string of the molecule is [C]C(C)C(C)(C)C. The lowest BCUT2D eigenvalue weighted by molar-refractivity contribution is 0.312. The van der Waals surface area contributed by atoms with Gasteiger partial charge >= 0.3 is 0 Å². The molecule has 0 saturated heterocycles. The van der Waals surface area contributed by atoms with Crippen LogP contribution in [0.1, 0.15) is 27.7 Å². The second kappa shape index (κ2) is 1.85. The van der Waals surface area contributed by atoms with E-state index in [1.54, 1.807) is 0 Å². The molecule has 0 bridgehead atoms. The predicted molar refractivity (Wildman–Crippen MR) is 31.9 cm³/mol. The molecule has 0 heterocycles. The van der Waals surface area contributed by atoms with E-state index in [4.69, 9.17) is 6.92 Å². The summed E-state index contributed by atoms with van der Waals surface area (Å²) in [6.07, 6.45) is 0. The van der Waals surface area contributed by atoms with Gasteiger partial charge in [-0.15, -0.1) is 0 Å². The minimum atomic E-state index is 0.0486. The standard InChI is InChI=1S/C7H13/c1-6(2)7(3,4)5/h6H,1,3-5H3. The molecule has 41 valence electrons. The molecule has 0 fully saturated rings. The third kappa shape index (κ3) is 2.67. The maximum absolute atomic E-state index is 7.23. The van der Waals surface area contributed by atoms with Gasteiger partial charge in [-0.1, -0.05) is 27.7 Å². The maximum atomic E-state index is 7.23. The van der Waals surface area contributed by atoms with Gasteiger partial charge in [0.25, 0.3) is 0 Å². The molecule has 0 rings (SSSR count). The highest BCUT2D eigenvalue weighted by Gasteiger charge is 2.14. The van der Waals surface area contributed by atoms with Crippen LogP contribution >= 0.6 is 0 Å². The van der Waals surface area contributed by atoms with Crippen molar-refractivity contribution in [3.8, 4) is 0 Å². The summed E-state index contributed by atoms with van der Waals surface area (Å²) in [4.78, 5) is 0. The van der Waals surface area contributed by atoms with Crippen molar-refractivity contribution < 1.29 is 0 Å². The van der Waals surface area contributed by atoms with Crippen LogP contribution in [0.5, 0.6) is 0 Å². The zero-order valence-corrected chi connectivity index (χ0v) is 5.58. The Kier molecular flexibility index (Phi) is 1.85. The highest BCUT2D eigenvalue weighted by atomic mass is 14.2. The smallest absolute Gasteiger partial charge is 0.00541 e. The third-order valence-corrected chi connectivity index (χ3v) is 1.30. The number of hydrogen-bond donors (Lipinski definition) is 0. The summed E-state index contributed by atoms with van der Waals surface area (Å²) in [6, 6.07) is 0. The molecule has 0 saturated carbocycles. The van der Waals surface area contributed by atoms with Crippen LogP contribution in [-0.4, -0.2) is 0 Å². The highest BCUT2D eigenvalue weighted by molar-refractivity contribution is 4.70. The van der Waals surface area contributed by atoms with Crippen molar-refractivity contribution in [1.29, 1.82) is 0 Å². The second-order valence-electron chi connectivity index (χ2n) is 3.09. The molecule has 0 N–H and O–H groups in total. The van der Waals surface area contributed by atoms with Crippen LogP contribution in [0.2, 0.25) is 0 Å². The van der Waals surface area contributed by atoms with Crippen LogP contribution in [0.15, 0.2) is 0 Å². The summed E-state index contributed by atoms with van der Waals surface area (Å²) >= 11 is 0. The quantitative estimate of drug-likeness (QED) is 0.435. The Morgan fingerprint density at radius 2 is 1.43 bits per heavy atom. The van der Waals surface area contributed by atoms with E-state index in [2.05, 4.69) is 20.8 Å². The molecule has 3 radical (unpaired) electrons. The zero-order valence-electron chi connectivity index (χ0n) is 5.58. The summed E-state index contributed by atoms with van der Waals surface area (Å²) < 4.78 is 0. The Hall–Kier alpha value is 0.